The van der Waals surface area contributed by atoms with E-state index in [-0.39, 0.29) is 4.88 Å². The molecule has 1 N–H and O–H groups in total. The van der Waals surface area contributed by atoms with Crippen LogP contribution in [0, 0.1) is 0 Å². The highest BCUT2D eigenvalue weighted by atomic mass is 35.5. The van der Waals surface area contributed by atoms with E-state index < -0.39 is 5.97 Å². The average Bonchev–Trinajstić information content (AvgIpc) is 2.70. The van der Waals surface area contributed by atoms with Crippen LogP contribution < -0.4 is 4.74 Å². The molecule has 2 aromatic rings. The minimum atomic E-state index is -0.959. The number of carbonyl (C=O) groups is 1. The van der Waals surface area contributed by atoms with Crippen molar-refractivity contribution in [3.8, 4) is 10.8 Å². The quantitative estimate of drug-likeness (QED) is 0.904. The largest absolute Gasteiger partial charge is 0.477 e. The summed E-state index contributed by atoms with van der Waals surface area (Å²) >= 11 is 6.97. The second kappa shape index (κ2) is 4.55. The van der Waals surface area contributed by atoms with Gasteiger partial charge in [-0.25, -0.2) is 4.79 Å². The molecule has 0 aliphatic heterocycles. The summed E-state index contributed by atoms with van der Waals surface area (Å²) in [4.78, 5) is 10.9. The van der Waals surface area contributed by atoms with Gasteiger partial charge < -0.3 is 9.84 Å². The summed E-state index contributed by atoms with van der Waals surface area (Å²) in [6.07, 6.45) is 0. The van der Waals surface area contributed by atoms with Gasteiger partial charge in [0.15, 0.2) is 5.06 Å². The van der Waals surface area contributed by atoms with E-state index in [0.717, 1.165) is 11.3 Å². The third-order valence-corrected chi connectivity index (χ3v) is 3.10. The monoisotopic (exact) mass is 254 g/mol. The third-order valence-electron chi connectivity index (χ3n) is 1.84. The number of rotatable bonds is 3. The number of ether oxygens (including phenoxy) is 1. The maximum atomic E-state index is 10.7. The van der Waals surface area contributed by atoms with Crippen molar-refractivity contribution in [2.45, 2.75) is 0 Å². The third kappa shape index (κ3) is 2.35. The van der Waals surface area contributed by atoms with Crippen LogP contribution in [0.4, 0.5) is 0 Å². The van der Waals surface area contributed by atoms with Crippen molar-refractivity contribution in [2.75, 3.05) is 0 Å². The molecule has 0 aliphatic rings. The summed E-state index contributed by atoms with van der Waals surface area (Å²) in [5.41, 5.74) is 0. The SMILES string of the molecule is O=C(O)c1ccc(Oc2ccccc2Cl)s1. The summed E-state index contributed by atoms with van der Waals surface area (Å²) in [7, 11) is 0. The maximum absolute atomic E-state index is 10.7. The molecule has 16 heavy (non-hydrogen) atoms. The Labute approximate surface area is 101 Å². The fraction of sp³-hybridized carbons (Fsp3) is 0. The molecule has 0 saturated heterocycles. The highest BCUT2D eigenvalue weighted by Crippen LogP contribution is 2.33. The van der Waals surface area contributed by atoms with E-state index in [1.807, 2.05) is 0 Å². The molecule has 1 heterocycles. The number of thiophene rings is 1. The lowest BCUT2D eigenvalue weighted by Gasteiger charge is -2.03. The van der Waals surface area contributed by atoms with Gasteiger partial charge in [0.1, 0.15) is 10.6 Å². The molecule has 1 aromatic carbocycles. The highest BCUT2D eigenvalue weighted by molar-refractivity contribution is 7.15. The first-order chi connectivity index (χ1) is 7.66. The van der Waals surface area contributed by atoms with Gasteiger partial charge in [-0.1, -0.05) is 35.1 Å². The molecule has 1 aromatic heterocycles. The van der Waals surface area contributed by atoms with Gasteiger partial charge in [0.25, 0.3) is 0 Å². The number of hydrogen-bond donors (Lipinski definition) is 1. The van der Waals surface area contributed by atoms with Crippen LogP contribution in [0.3, 0.4) is 0 Å². The van der Waals surface area contributed by atoms with Gasteiger partial charge in [-0.3, -0.25) is 0 Å². The topological polar surface area (TPSA) is 46.5 Å². The minimum Gasteiger partial charge on any atom is -0.477 e. The Morgan fingerprint density at radius 3 is 2.62 bits per heavy atom. The van der Waals surface area contributed by atoms with Crippen LogP contribution >= 0.6 is 22.9 Å². The van der Waals surface area contributed by atoms with Crippen LogP contribution in [0.5, 0.6) is 10.8 Å². The van der Waals surface area contributed by atoms with E-state index in [9.17, 15) is 4.79 Å². The Bertz CT molecular complexity index is 521. The van der Waals surface area contributed by atoms with Crippen molar-refractivity contribution in [3.63, 3.8) is 0 Å². The van der Waals surface area contributed by atoms with Crippen molar-refractivity contribution in [1.82, 2.24) is 0 Å². The molecule has 0 radical (unpaired) electrons. The lowest BCUT2D eigenvalue weighted by molar-refractivity contribution is 0.0702. The Morgan fingerprint density at radius 1 is 1.25 bits per heavy atom. The Hall–Kier alpha value is -1.52. The van der Waals surface area contributed by atoms with Crippen molar-refractivity contribution in [3.05, 3.63) is 46.3 Å². The van der Waals surface area contributed by atoms with Gasteiger partial charge in [-0.05, 0) is 24.3 Å². The number of aromatic carboxylic acids is 1. The summed E-state index contributed by atoms with van der Waals surface area (Å²) in [6.45, 7) is 0. The molecule has 0 fully saturated rings. The summed E-state index contributed by atoms with van der Waals surface area (Å²) in [6, 6.07) is 10.1. The van der Waals surface area contributed by atoms with E-state index in [1.165, 1.54) is 6.07 Å². The van der Waals surface area contributed by atoms with Crippen molar-refractivity contribution >= 4 is 28.9 Å². The molecule has 0 atom stereocenters. The van der Waals surface area contributed by atoms with Crippen LogP contribution in [0.1, 0.15) is 9.67 Å². The first-order valence-electron chi connectivity index (χ1n) is 4.42. The number of para-hydroxylation sites is 1. The lowest BCUT2D eigenvalue weighted by Crippen LogP contribution is -1.89. The van der Waals surface area contributed by atoms with Gasteiger partial charge in [0, 0.05) is 0 Å². The van der Waals surface area contributed by atoms with Crippen LogP contribution in [0.2, 0.25) is 5.02 Å². The lowest BCUT2D eigenvalue weighted by atomic mass is 10.3. The minimum absolute atomic E-state index is 0.238. The second-order valence-electron chi connectivity index (χ2n) is 2.96. The second-order valence-corrected chi connectivity index (χ2v) is 4.41. The van der Waals surface area contributed by atoms with E-state index >= 15 is 0 Å². The fourth-order valence-electron chi connectivity index (χ4n) is 1.13. The van der Waals surface area contributed by atoms with E-state index in [0.29, 0.717) is 15.8 Å². The Morgan fingerprint density at radius 2 is 2.00 bits per heavy atom. The number of carboxylic acid groups (broad SMARTS) is 1. The van der Waals surface area contributed by atoms with Crippen LogP contribution in [-0.2, 0) is 0 Å². The molecular weight excluding hydrogens is 248 g/mol. The summed E-state index contributed by atoms with van der Waals surface area (Å²) in [5, 5.41) is 9.75. The summed E-state index contributed by atoms with van der Waals surface area (Å²) in [5.74, 6) is -0.443. The average molecular weight is 255 g/mol. The van der Waals surface area contributed by atoms with Gasteiger partial charge in [0.2, 0.25) is 0 Å². The predicted molar refractivity (Wildman–Crippen MR) is 62.8 cm³/mol. The standard InChI is InChI=1S/C11H7ClO3S/c12-7-3-1-2-4-8(7)15-10-6-5-9(16-10)11(13)14/h1-6H,(H,13,14). The molecule has 3 nitrogen and oxygen atoms in total. The van der Waals surface area contributed by atoms with Crippen molar-refractivity contribution in [2.24, 2.45) is 0 Å². The van der Waals surface area contributed by atoms with Crippen LogP contribution in [0.15, 0.2) is 36.4 Å². The highest BCUT2D eigenvalue weighted by Gasteiger charge is 2.09. The van der Waals surface area contributed by atoms with Gasteiger partial charge in [-0.2, -0.15) is 0 Å². The first kappa shape index (κ1) is 11.0. The predicted octanol–water partition coefficient (Wildman–Crippen LogP) is 3.89. The smallest absolute Gasteiger partial charge is 0.345 e. The van der Waals surface area contributed by atoms with E-state index in [4.69, 9.17) is 21.4 Å². The molecule has 82 valence electrons. The van der Waals surface area contributed by atoms with Crippen LogP contribution in [0.25, 0.3) is 0 Å². The zero-order valence-corrected chi connectivity index (χ0v) is 9.59. The molecular formula is C11H7ClO3S. The molecule has 5 heteroatoms. The number of carboxylic acids is 1. The first-order valence-corrected chi connectivity index (χ1v) is 5.62. The number of benzene rings is 1. The number of hydrogen-bond acceptors (Lipinski definition) is 3. The Balaban J connectivity index is 2.21. The van der Waals surface area contributed by atoms with Gasteiger partial charge in [0.05, 0.1) is 5.02 Å². The fourth-order valence-corrected chi connectivity index (χ4v) is 2.01. The molecule has 0 bridgehead atoms. The molecule has 0 unspecified atom stereocenters. The maximum Gasteiger partial charge on any atom is 0.345 e. The summed E-state index contributed by atoms with van der Waals surface area (Å²) < 4.78 is 5.46. The zero-order valence-electron chi connectivity index (χ0n) is 8.01. The molecule has 0 aliphatic carbocycles. The molecule has 2 rings (SSSR count). The van der Waals surface area contributed by atoms with E-state index in [2.05, 4.69) is 0 Å². The van der Waals surface area contributed by atoms with Gasteiger partial charge in [-0.15, -0.1) is 0 Å². The normalized spacial score (nSPS) is 10.1. The van der Waals surface area contributed by atoms with Gasteiger partial charge >= 0.3 is 5.97 Å². The zero-order chi connectivity index (χ0) is 11.5. The van der Waals surface area contributed by atoms with Crippen molar-refractivity contribution in [1.29, 1.82) is 0 Å². The van der Waals surface area contributed by atoms with Crippen LogP contribution in [-0.4, -0.2) is 11.1 Å². The number of halogens is 1. The molecule has 0 saturated carbocycles. The molecule has 0 spiro atoms. The Kier molecular flexibility index (Phi) is 3.12. The van der Waals surface area contributed by atoms with E-state index in [1.54, 1.807) is 30.3 Å². The van der Waals surface area contributed by atoms with Crippen molar-refractivity contribution < 1.29 is 14.6 Å². The molecule has 0 amide bonds.